The third-order valence-corrected chi connectivity index (χ3v) is 2.41. The molecule has 1 aromatic heterocycles. The molecule has 2 rings (SSSR count). The maximum Gasteiger partial charge on any atom is 0.417 e. The fourth-order valence-electron chi connectivity index (χ4n) is 1.65. The molecule has 0 aliphatic rings. The van der Waals surface area contributed by atoms with Gasteiger partial charge in [-0.2, -0.15) is 13.2 Å². The number of rotatable bonds is 3. The minimum absolute atomic E-state index is 0.000136. The lowest BCUT2D eigenvalue weighted by atomic mass is 10.0. The van der Waals surface area contributed by atoms with Crippen LogP contribution in [0.1, 0.15) is 11.3 Å². The van der Waals surface area contributed by atoms with E-state index in [-0.39, 0.29) is 11.3 Å². The van der Waals surface area contributed by atoms with E-state index >= 15 is 0 Å². The predicted octanol–water partition coefficient (Wildman–Crippen LogP) is 3.08. The molecule has 0 spiro atoms. The first-order chi connectivity index (χ1) is 8.52. The maximum absolute atomic E-state index is 12.8. The Morgan fingerprint density at radius 3 is 2.67 bits per heavy atom. The molecule has 18 heavy (non-hydrogen) atoms. The van der Waals surface area contributed by atoms with Gasteiger partial charge >= 0.3 is 6.18 Å². The van der Waals surface area contributed by atoms with Crippen molar-refractivity contribution in [2.75, 3.05) is 7.05 Å². The molecule has 0 fully saturated rings. The largest absolute Gasteiger partial charge is 0.417 e. The van der Waals surface area contributed by atoms with E-state index in [0.29, 0.717) is 12.2 Å². The Morgan fingerprint density at radius 1 is 1.28 bits per heavy atom. The summed E-state index contributed by atoms with van der Waals surface area (Å²) in [5.74, 6) is 0.119. The topological polar surface area (TPSA) is 38.1 Å². The highest BCUT2D eigenvalue weighted by molar-refractivity contribution is 5.63. The maximum atomic E-state index is 12.8. The van der Waals surface area contributed by atoms with E-state index < -0.39 is 11.7 Å². The summed E-state index contributed by atoms with van der Waals surface area (Å²) >= 11 is 0. The lowest BCUT2D eigenvalue weighted by molar-refractivity contribution is -0.137. The van der Waals surface area contributed by atoms with Gasteiger partial charge in [0.25, 0.3) is 0 Å². The van der Waals surface area contributed by atoms with Crippen molar-refractivity contribution >= 4 is 0 Å². The number of hydrogen-bond donors (Lipinski definition) is 1. The quantitative estimate of drug-likeness (QED) is 0.917. The Hall–Kier alpha value is -1.82. The Morgan fingerprint density at radius 2 is 2.00 bits per heavy atom. The number of hydrogen-bond acceptors (Lipinski definition) is 3. The van der Waals surface area contributed by atoms with Gasteiger partial charge in [-0.1, -0.05) is 23.4 Å². The van der Waals surface area contributed by atoms with Crippen LogP contribution >= 0.6 is 0 Å². The number of nitrogens with zero attached hydrogens (tertiary/aromatic N) is 1. The molecule has 1 N–H and O–H groups in total. The molecule has 6 heteroatoms. The van der Waals surface area contributed by atoms with Crippen LogP contribution < -0.4 is 5.32 Å². The number of halogens is 3. The van der Waals surface area contributed by atoms with Gasteiger partial charge in [0.2, 0.25) is 0 Å². The first-order valence-electron chi connectivity index (χ1n) is 5.29. The van der Waals surface area contributed by atoms with Crippen molar-refractivity contribution in [1.29, 1.82) is 0 Å². The van der Waals surface area contributed by atoms with Crippen molar-refractivity contribution in [2.45, 2.75) is 12.7 Å². The first kappa shape index (κ1) is 12.6. The number of nitrogens with one attached hydrogen (secondary N) is 1. The molecule has 2 aromatic rings. The third kappa shape index (κ3) is 2.53. The minimum atomic E-state index is -4.41. The van der Waals surface area contributed by atoms with Crippen LogP contribution in [0.4, 0.5) is 13.2 Å². The van der Waals surface area contributed by atoms with Crippen LogP contribution in [-0.4, -0.2) is 12.2 Å². The van der Waals surface area contributed by atoms with E-state index in [1.807, 2.05) is 0 Å². The zero-order valence-corrected chi connectivity index (χ0v) is 9.58. The van der Waals surface area contributed by atoms with E-state index in [1.54, 1.807) is 7.05 Å². The summed E-state index contributed by atoms with van der Waals surface area (Å²) in [5, 5.41) is 6.55. The van der Waals surface area contributed by atoms with Crippen LogP contribution in [0, 0.1) is 0 Å². The van der Waals surface area contributed by atoms with Crippen LogP contribution in [-0.2, 0) is 12.7 Å². The van der Waals surface area contributed by atoms with Gasteiger partial charge in [-0.3, -0.25) is 0 Å². The molecule has 0 aliphatic heterocycles. The van der Waals surface area contributed by atoms with Crippen molar-refractivity contribution in [3.8, 4) is 11.3 Å². The van der Waals surface area contributed by atoms with Gasteiger partial charge in [-0.15, -0.1) is 0 Å². The molecule has 1 aromatic carbocycles. The summed E-state index contributed by atoms with van der Waals surface area (Å²) in [7, 11) is 1.72. The van der Waals surface area contributed by atoms with Gasteiger partial charge in [0.15, 0.2) is 5.76 Å². The zero-order valence-electron chi connectivity index (χ0n) is 9.58. The zero-order chi connectivity index (χ0) is 13.2. The second kappa shape index (κ2) is 4.81. The predicted molar refractivity (Wildman–Crippen MR) is 59.7 cm³/mol. The van der Waals surface area contributed by atoms with E-state index in [9.17, 15) is 13.2 Å². The normalized spacial score (nSPS) is 11.8. The van der Waals surface area contributed by atoms with Gasteiger partial charge in [-0.05, 0) is 13.1 Å². The van der Waals surface area contributed by atoms with Crippen molar-refractivity contribution in [3.05, 3.63) is 41.6 Å². The SMILES string of the molecule is CNCc1cc(-c2ccccc2C(F)(F)F)on1. The molecule has 0 saturated heterocycles. The van der Waals surface area contributed by atoms with Crippen molar-refractivity contribution in [1.82, 2.24) is 10.5 Å². The smallest absolute Gasteiger partial charge is 0.356 e. The van der Waals surface area contributed by atoms with Gasteiger partial charge in [0, 0.05) is 18.2 Å². The Labute approximate surface area is 102 Å². The molecule has 0 saturated carbocycles. The summed E-state index contributed by atoms with van der Waals surface area (Å²) in [6.07, 6.45) is -4.41. The molecule has 0 unspecified atom stereocenters. The van der Waals surface area contributed by atoms with Crippen molar-refractivity contribution in [2.24, 2.45) is 0 Å². The van der Waals surface area contributed by atoms with E-state index in [2.05, 4.69) is 10.5 Å². The standard InChI is InChI=1S/C12H11F3N2O/c1-16-7-8-6-11(18-17-8)9-4-2-3-5-10(9)12(13,14)15/h2-6,16H,7H2,1H3. The Kier molecular flexibility index (Phi) is 3.38. The van der Waals surface area contributed by atoms with Gasteiger partial charge < -0.3 is 9.84 Å². The number of aromatic nitrogens is 1. The van der Waals surface area contributed by atoms with Crippen LogP contribution in [0.25, 0.3) is 11.3 Å². The summed E-state index contributed by atoms with van der Waals surface area (Å²) < 4.78 is 43.4. The van der Waals surface area contributed by atoms with Crippen molar-refractivity contribution in [3.63, 3.8) is 0 Å². The molecule has 3 nitrogen and oxygen atoms in total. The van der Waals surface area contributed by atoms with E-state index in [0.717, 1.165) is 6.07 Å². The van der Waals surface area contributed by atoms with E-state index in [4.69, 9.17) is 4.52 Å². The highest BCUT2D eigenvalue weighted by Gasteiger charge is 2.34. The molecule has 0 atom stereocenters. The van der Waals surface area contributed by atoms with Crippen LogP contribution in [0.3, 0.4) is 0 Å². The second-order valence-corrected chi connectivity index (χ2v) is 3.76. The van der Waals surface area contributed by atoms with Crippen molar-refractivity contribution < 1.29 is 17.7 Å². The Bertz CT molecular complexity index is 534. The summed E-state index contributed by atoms with van der Waals surface area (Å²) in [6.45, 7) is 0.442. The molecule has 0 amide bonds. The highest BCUT2D eigenvalue weighted by Crippen LogP contribution is 2.36. The third-order valence-electron chi connectivity index (χ3n) is 2.41. The summed E-state index contributed by atoms with van der Waals surface area (Å²) in [5.41, 5.74) is -0.165. The average molecular weight is 256 g/mol. The second-order valence-electron chi connectivity index (χ2n) is 3.76. The van der Waals surface area contributed by atoms with E-state index in [1.165, 1.54) is 24.3 Å². The lowest BCUT2D eigenvalue weighted by Crippen LogP contribution is -2.06. The number of benzene rings is 1. The van der Waals surface area contributed by atoms with Gasteiger partial charge in [-0.25, -0.2) is 0 Å². The fraction of sp³-hybridized carbons (Fsp3) is 0.250. The van der Waals surface area contributed by atoms with Gasteiger partial charge in [0.05, 0.1) is 11.3 Å². The fourth-order valence-corrected chi connectivity index (χ4v) is 1.65. The Balaban J connectivity index is 2.43. The highest BCUT2D eigenvalue weighted by atomic mass is 19.4. The van der Waals surface area contributed by atoms with Crippen LogP contribution in [0.2, 0.25) is 0 Å². The molecule has 0 aliphatic carbocycles. The monoisotopic (exact) mass is 256 g/mol. The molecule has 96 valence electrons. The first-order valence-corrected chi connectivity index (χ1v) is 5.29. The molecular formula is C12H11F3N2O. The molecule has 0 radical (unpaired) electrons. The van der Waals surface area contributed by atoms with Crippen LogP contribution in [0.15, 0.2) is 34.9 Å². The molecular weight excluding hydrogens is 245 g/mol. The summed E-state index contributed by atoms with van der Waals surface area (Å²) in [4.78, 5) is 0. The number of alkyl halides is 3. The lowest BCUT2D eigenvalue weighted by Gasteiger charge is -2.09. The minimum Gasteiger partial charge on any atom is -0.356 e. The average Bonchev–Trinajstić information content (AvgIpc) is 2.77. The van der Waals surface area contributed by atoms with Gasteiger partial charge in [0.1, 0.15) is 0 Å². The molecule has 1 heterocycles. The molecule has 0 bridgehead atoms. The summed E-state index contributed by atoms with van der Waals surface area (Å²) in [6, 6.07) is 6.77. The van der Waals surface area contributed by atoms with Crippen LogP contribution in [0.5, 0.6) is 0 Å².